The number of thioether (sulfide) groups is 1. The largest absolute Gasteiger partial charge is 0.390 e. The maximum Gasteiger partial charge on any atom is 0.315 e. The number of carbonyl (C=O) groups is 1. The lowest BCUT2D eigenvalue weighted by molar-refractivity contribution is 0.142. The predicted molar refractivity (Wildman–Crippen MR) is 78.4 cm³/mol. The fourth-order valence-corrected chi connectivity index (χ4v) is 3.03. The second-order valence-corrected chi connectivity index (χ2v) is 5.83. The third-order valence-electron chi connectivity index (χ3n) is 3.28. The molecule has 104 valence electrons. The highest BCUT2D eigenvalue weighted by atomic mass is 32.2. The molecule has 19 heavy (non-hydrogen) atoms. The monoisotopic (exact) mass is 280 g/mol. The molecule has 0 heterocycles. The van der Waals surface area contributed by atoms with Crippen molar-refractivity contribution in [3.63, 3.8) is 0 Å². The minimum absolute atomic E-state index is 0.115. The fraction of sp³-hybridized carbons (Fsp3) is 0.500. The number of benzene rings is 1. The molecule has 4 nitrogen and oxygen atoms in total. The average Bonchev–Trinajstić information content (AvgIpc) is 2.66. The van der Waals surface area contributed by atoms with Gasteiger partial charge in [-0.1, -0.05) is 24.3 Å². The van der Waals surface area contributed by atoms with E-state index in [1.165, 1.54) is 0 Å². The van der Waals surface area contributed by atoms with Crippen LogP contribution in [0.3, 0.4) is 0 Å². The van der Waals surface area contributed by atoms with Gasteiger partial charge in [0.15, 0.2) is 0 Å². The molecule has 0 saturated carbocycles. The summed E-state index contributed by atoms with van der Waals surface area (Å²) in [5.41, 5.74) is 2.13. The standard InChI is InChI=1S/C14H20N2O2S/c1-9(8-19-2)15-14(18)16-13-11-6-4-3-5-10(11)7-12(13)17/h3-6,9,12-13,17H,7-8H2,1-2H3,(H2,15,16,18)/t9?,12-,13+/m0/s1. The Morgan fingerprint density at radius 2 is 2.26 bits per heavy atom. The summed E-state index contributed by atoms with van der Waals surface area (Å²) in [6.07, 6.45) is 2.06. The van der Waals surface area contributed by atoms with Gasteiger partial charge < -0.3 is 15.7 Å². The van der Waals surface area contributed by atoms with Gasteiger partial charge >= 0.3 is 6.03 Å². The van der Waals surface area contributed by atoms with Gasteiger partial charge in [0.25, 0.3) is 0 Å². The van der Waals surface area contributed by atoms with E-state index in [0.29, 0.717) is 6.42 Å². The zero-order chi connectivity index (χ0) is 13.8. The molecule has 0 fully saturated rings. The maximum atomic E-state index is 11.9. The fourth-order valence-electron chi connectivity index (χ4n) is 2.45. The molecule has 0 radical (unpaired) electrons. The molecule has 1 aliphatic rings. The van der Waals surface area contributed by atoms with Gasteiger partial charge in [-0.15, -0.1) is 0 Å². The molecule has 0 spiro atoms. The van der Waals surface area contributed by atoms with Crippen molar-refractivity contribution in [3.05, 3.63) is 35.4 Å². The first-order valence-corrected chi connectivity index (χ1v) is 7.83. The quantitative estimate of drug-likeness (QED) is 0.786. The van der Waals surface area contributed by atoms with Crippen molar-refractivity contribution in [1.82, 2.24) is 10.6 Å². The van der Waals surface area contributed by atoms with E-state index in [-0.39, 0.29) is 18.1 Å². The Morgan fingerprint density at radius 1 is 1.53 bits per heavy atom. The topological polar surface area (TPSA) is 61.4 Å². The van der Waals surface area contributed by atoms with E-state index in [9.17, 15) is 9.90 Å². The van der Waals surface area contributed by atoms with Crippen LogP contribution in [0.2, 0.25) is 0 Å². The first-order valence-electron chi connectivity index (χ1n) is 6.43. The highest BCUT2D eigenvalue weighted by Crippen LogP contribution is 2.30. The molecule has 0 bridgehead atoms. The van der Waals surface area contributed by atoms with Crippen LogP contribution < -0.4 is 10.6 Å². The molecule has 3 N–H and O–H groups in total. The van der Waals surface area contributed by atoms with E-state index >= 15 is 0 Å². The van der Waals surface area contributed by atoms with Crippen LogP contribution in [0.4, 0.5) is 4.79 Å². The highest BCUT2D eigenvalue weighted by Gasteiger charge is 2.31. The highest BCUT2D eigenvalue weighted by molar-refractivity contribution is 7.98. The molecule has 1 unspecified atom stereocenters. The summed E-state index contributed by atoms with van der Waals surface area (Å²) in [7, 11) is 0. The van der Waals surface area contributed by atoms with Crippen molar-refractivity contribution in [2.45, 2.75) is 31.5 Å². The number of hydrogen-bond acceptors (Lipinski definition) is 3. The van der Waals surface area contributed by atoms with Gasteiger partial charge in [0.1, 0.15) is 0 Å². The SMILES string of the molecule is CSCC(C)NC(=O)N[C@@H]1c2ccccc2C[C@@H]1O. The van der Waals surface area contributed by atoms with Crippen LogP contribution in [0.5, 0.6) is 0 Å². The Kier molecular flexibility index (Phi) is 4.71. The van der Waals surface area contributed by atoms with Crippen LogP contribution in [-0.2, 0) is 6.42 Å². The summed E-state index contributed by atoms with van der Waals surface area (Å²) >= 11 is 1.69. The zero-order valence-corrected chi connectivity index (χ0v) is 12.0. The number of urea groups is 1. The van der Waals surface area contributed by atoms with Crippen LogP contribution in [0.1, 0.15) is 24.1 Å². The molecule has 1 aromatic rings. The van der Waals surface area contributed by atoms with Crippen LogP contribution in [-0.4, -0.2) is 35.3 Å². The van der Waals surface area contributed by atoms with Gasteiger partial charge in [-0.05, 0) is 24.3 Å². The number of rotatable bonds is 4. The molecule has 2 amide bonds. The molecule has 5 heteroatoms. The summed E-state index contributed by atoms with van der Waals surface area (Å²) < 4.78 is 0. The molecule has 3 atom stereocenters. The van der Waals surface area contributed by atoms with Gasteiger partial charge in [-0.2, -0.15) is 11.8 Å². The number of hydrogen-bond donors (Lipinski definition) is 3. The Hall–Kier alpha value is -1.20. The van der Waals surface area contributed by atoms with Gasteiger partial charge in [0.2, 0.25) is 0 Å². The summed E-state index contributed by atoms with van der Waals surface area (Å²) in [5, 5.41) is 15.8. The predicted octanol–water partition coefficient (Wildman–Crippen LogP) is 1.70. The number of aliphatic hydroxyl groups is 1. The van der Waals surface area contributed by atoms with Crippen molar-refractivity contribution < 1.29 is 9.90 Å². The number of fused-ring (bicyclic) bond motifs is 1. The Balaban J connectivity index is 1.97. The van der Waals surface area contributed by atoms with E-state index in [2.05, 4.69) is 10.6 Å². The number of nitrogens with one attached hydrogen (secondary N) is 2. The lowest BCUT2D eigenvalue weighted by Gasteiger charge is -2.20. The Labute approximate surface area is 118 Å². The molecular weight excluding hydrogens is 260 g/mol. The van der Waals surface area contributed by atoms with Crippen molar-refractivity contribution in [2.24, 2.45) is 0 Å². The van der Waals surface area contributed by atoms with Crippen LogP contribution >= 0.6 is 11.8 Å². The normalized spacial score (nSPS) is 22.7. The third-order valence-corrected chi connectivity index (χ3v) is 4.12. The van der Waals surface area contributed by atoms with Gasteiger partial charge in [-0.3, -0.25) is 0 Å². The number of aliphatic hydroxyl groups excluding tert-OH is 1. The first-order chi connectivity index (χ1) is 9.11. The van der Waals surface area contributed by atoms with E-state index in [0.717, 1.165) is 16.9 Å². The first kappa shape index (κ1) is 14.2. The summed E-state index contributed by atoms with van der Waals surface area (Å²) in [5.74, 6) is 0.872. The number of amides is 2. The van der Waals surface area contributed by atoms with Gasteiger partial charge in [0, 0.05) is 18.2 Å². The van der Waals surface area contributed by atoms with Crippen molar-refractivity contribution >= 4 is 17.8 Å². The summed E-state index contributed by atoms with van der Waals surface area (Å²) in [6, 6.07) is 7.42. The van der Waals surface area contributed by atoms with Gasteiger partial charge in [0.05, 0.1) is 12.1 Å². The number of carbonyl (C=O) groups excluding carboxylic acids is 1. The van der Waals surface area contributed by atoms with E-state index in [1.54, 1.807) is 11.8 Å². The zero-order valence-electron chi connectivity index (χ0n) is 11.2. The minimum Gasteiger partial charge on any atom is -0.390 e. The van der Waals surface area contributed by atoms with Crippen LogP contribution in [0, 0.1) is 0 Å². The molecule has 1 aromatic carbocycles. The molecular formula is C14H20N2O2S. The van der Waals surface area contributed by atoms with Crippen LogP contribution in [0.15, 0.2) is 24.3 Å². The Morgan fingerprint density at radius 3 is 3.00 bits per heavy atom. The van der Waals surface area contributed by atoms with Crippen molar-refractivity contribution in [2.75, 3.05) is 12.0 Å². The molecule has 0 aliphatic heterocycles. The second kappa shape index (κ2) is 6.30. The summed E-state index contributed by atoms with van der Waals surface area (Å²) in [4.78, 5) is 11.9. The van der Waals surface area contributed by atoms with Crippen molar-refractivity contribution in [3.8, 4) is 0 Å². The third kappa shape index (κ3) is 3.42. The summed E-state index contributed by atoms with van der Waals surface area (Å²) in [6.45, 7) is 1.97. The lowest BCUT2D eigenvalue weighted by Crippen LogP contribution is -2.45. The average molecular weight is 280 g/mol. The second-order valence-electron chi connectivity index (χ2n) is 4.92. The molecule has 2 rings (SSSR count). The lowest BCUT2D eigenvalue weighted by atomic mass is 10.1. The molecule has 1 aliphatic carbocycles. The van der Waals surface area contributed by atoms with E-state index in [1.807, 2.05) is 37.4 Å². The molecule has 0 saturated heterocycles. The Bertz CT molecular complexity index is 453. The maximum absolute atomic E-state index is 11.9. The van der Waals surface area contributed by atoms with Crippen molar-refractivity contribution in [1.29, 1.82) is 0 Å². The molecule has 0 aromatic heterocycles. The van der Waals surface area contributed by atoms with Gasteiger partial charge in [-0.25, -0.2) is 4.79 Å². The van der Waals surface area contributed by atoms with E-state index < -0.39 is 6.10 Å². The van der Waals surface area contributed by atoms with E-state index in [4.69, 9.17) is 0 Å². The smallest absolute Gasteiger partial charge is 0.315 e. The van der Waals surface area contributed by atoms with Crippen LogP contribution in [0.25, 0.3) is 0 Å². The minimum atomic E-state index is -0.543.